The highest BCUT2D eigenvalue weighted by molar-refractivity contribution is 5.74. The number of benzene rings is 2. The van der Waals surface area contributed by atoms with Gasteiger partial charge in [0, 0.05) is 29.9 Å². The number of hydrogen-bond acceptors (Lipinski definition) is 7. The van der Waals surface area contributed by atoms with E-state index in [9.17, 15) is 13.6 Å². The number of anilines is 1. The van der Waals surface area contributed by atoms with Crippen LogP contribution in [-0.4, -0.2) is 30.5 Å². The van der Waals surface area contributed by atoms with Crippen molar-refractivity contribution < 1.29 is 13.6 Å². The molecule has 0 unspecified atom stereocenters. The smallest absolute Gasteiger partial charge is 0.239 e. The number of carbonyl (C=O) groups excluding carboxylic acids is 1. The molecule has 10 nitrogen and oxygen atoms in total. The number of nitriles is 1. The number of nitrogens with two attached hydrogens (primary N) is 2. The second kappa shape index (κ2) is 8.95. The van der Waals surface area contributed by atoms with Gasteiger partial charge in [0.15, 0.2) is 17.5 Å². The van der Waals surface area contributed by atoms with Crippen LogP contribution in [0.2, 0.25) is 0 Å². The first-order valence-corrected chi connectivity index (χ1v) is 10.8. The Balaban J connectivity index is 1.45. The zero-order valence-corrected chi connectivity index (χ0v) is 18.8. The highest BCUT2D eigenvalue weighted by Crippen LogP contribution is 2.29. The van der Waals surface area contributed by atoms with Crippen molar-refractivity contribution in [3.05, 3.63) is 89.4 Å². The zero-order valence-electron chi connectivity index (χ0n) is 18.8. The zero-order chi connectivity index (χ0) is 25.4. The highest BCUT2D eigenvalue weighted by Gasteiger charge is 2.24. The van der Waals surface area contributed by atoms with E-state index in [4.69, 9.17) is 16.7 Å². The van der Waals surface area contributed by atoms with Gasteiger partial charge in [-0.3, -0.25) is 9.48 Å². The fraction of sp³-hybridized carbons (Fsp3) is 0.125. The van der Waals surface area contributed by atoms with Gasteiger partial charge < -0.3 is 16.4 Å². The largest absolute Gasteiger partial charge is 0.394 e. The van der Waals surface area contributed by atoms with Crippen molar-refractivity contribution in [1.82, 2.24) is 24.5 Å². The summed E-state index contributed by atoms with van der Waals surface area (Å²) in [5.41, 5.74) is 13.2. The Bertz CT molecular complexity index is 1560. The lowest BCUT2D eigenvalue weighted by Gasteiger charge is -2.26. The van der Waals surface area contributed by atoms with E-state index in [1.807, 2.05) is 6.07 Å². The van der Waals surface area contributed by atoms with Crippen LogP contribution >= 0.6 is 0 Å². The van der Waals surface area contributed by atoms with E-state index in [0.29, 0.717) is 28.3 Å². The molecule has 0 saturated carbocycles. The summed E-state index contributed by atoms with van der Waals surface area (Å²) in [7, 11) is 0. The Labute approximate surface area is 203 Å². The topological polar surface area (TPSA) is 145 Å². The molecule has 5 rings (SSSR count). The summed E-state index contributed by atoms with van der Waals surface area (Å²) in [6.45, 7) is -0.00119. The standard InChI is InChI=1S/C24H19F2N9O/c25-18-5-2-4-16(15-9-30-34(10-15)12-21(29)36)17(18)7-22-31-24-19(28)11-33(13-35(24)32-22)20-6-1-3-14(8-27)23(20)26/h1-6,9-11H,7,12-13,28H2,(H2,29,36). The summed E-state index contributed by atoms with van der Waals surface area (Å²) in [5, 5.41) is 17.7. The molecule has 0 atom stereocenters. The number of rotatable bonds is 6. The van der Waals surface area contributed by atoms with Crippen molar-refractivity contribution in [1.29, 1.82) is 5.26 Å². The van der Waals surface area contributed by atoms with E-state index in [1.54, 1.807) is 24.4 Å². The van der Waals surface area contributed by atoms with Gasteiger partial charge in [-0.15, -0.1) is 0 Å². The molecule has 2 aromatic carbocycles. The van der Waals surface area contributed by atoms with Gasteiger partial charge in [0.25, 0.3) is 0 Å². The van der Waals surface area contributed by atoms with Crippen molar-refractivity contribution >= 4 is 17.3 Å². The summed E-state index contributed by atoms with van der Waals surface area (Å²) in [4.78, 5) is 17.2. The first-order valence-electron chi connectivity index (χ1n) is 10.8. The molecule has 0 saturated heterocycles. The number of amides is 1. The third-order valence-electron chi connectivity index (χ3n) is 5.68. The molecule has 1 aliphatic rings. The molecule has 1 amide bonds. The number of primary amides is 1. The van der Waals surface area contributed by atoms with Crippen molar-refractivity contribution in [3.8, 4) is 17.2 Å². The van der Waals surface area contributed by atoms with Crippen LogP contribution in [0, 0.1) is 23.0 Å². The monoisotopic (exact) mass is 487 g/mol. The minimum absolute atomic E-state index is 0.0502. The molecule has 0 spiro atoms. The number of hydrogen-bond donors (Lipinski definition) is 2. The van der Waals surface area contributed by atoms with E-state index in [-0.39, 0.29) is 36.6 Å². The molecule has 1 aliphatic heterocycles. The van der Waals surface area contributed by atoms with Crippen LogP contribution in [0.15, 0.2) is 55.0 Å². The molecule has 12 heteroatoms. The lowest BCUT2D eigenvalue weighted by atomic mass is 9.99. The van der Waals surface area contributed by atoms with Gasteiger partial charge in [-0.1, -0.05) is 18.2 Å². The van der Waals surface area contributed by atoms with Gasteiger partial charge >= 0.3 is 0 Å². The molecule has 0 radical (unpaired) electrons. The lowest BCUT2D eigenvalue weighted by Crippen LogP contribution is -2.29. The first kappa shape index (κ1) is 22.7. The number of carbonyl (C=O) groups is 1. The first-order chi connectivity index (χ1) is 17.3. The maximum Gasteiger partial charge on any atom is 0.239 e. The van der Waals surface area contributed by atoms with Crippen molar-refractivity contribution in [2.45, 2.75) is 19.6 Å². The molecule has 0 aliphatic carbocycles. The lowest BCUT2D eigenvalue weighted by molar-refractivity contribution is -0.118. The molecule has 3 heterocycles. The molecule has 2 aromatic heterocycles. The van der Waals surface area contributed by atoms with Gasteiger partial charge in [-0.25, -0.2) is 18.4 Å². The van der Waals surface area contributed by atoms with Gasteiger partial charge in [0.05, 0.1) is 23.1 Å². The highest BCUT2D eigenvalue weighted by atomic mass is 19.1. The Kier molecular flexibility index (Phi) is 5.65. The van der Waals surface area contributed by atoms with E-state index in [1.165, 1.54) is 44.9 Å². The van der Waals surface area contributed by atoms with Crippen LogP contribution in [0.5, 0.6) is 0 Å². The molecular weight excluding hydrogens is 468 g/mol. The van der Waals surface area contributed by atoms with Gasteiger partial charge in [-0.2, -0.15) is 15.5 Å². The van der Waals surface area contributed by atoms with Crippen LogP contribution < -0.4 is 16.4 Å². The molecule has 36 heavy (non-hydrogen) atoms. The Morgan fingerprint density at radius 2 is 2.00 bits per heavy atom. The number of nitrogens with zero attached hydrogens (tertiary/aromatic N) is 7. The van der Waals surface area contributed by atoms with Gasteiger partial charge in [0.1, 0.15) is 25.1 Å². The minimum atomic E-state index is -0.666. The second-order valence-electron chi connectivity index (χ2n) is 8.13. The van der Waals surface area contributed by atoms with E-state index < -0.39 is 17.5 Å². The maximum absolute atomic E-state index is 14.9. The molecule has 0 bridgehead atoms. The third-order valence-corrected chi connectivity index (χ3v) is 5.68. The summed E-state index contributed by atoms with van der Waals surface area (Å²) in [6.07, 6.45) is 4.70. The van der Waals surface area contributed by atoms with Crippen LogP contribution in [0.3, 0.4) is 0 Å². The van der Waals surface area contributed by atoms with Gasteiger partial charge in [0.2, 0.25) is 5.91 Å². The number of halogens is 2. The predicted octanol–water partition coefficient (Wildman–Crippen LogP) is 2.10. The Morgan fingerprint density at radius 3 is 2.78 bits per heavy atom. The third kappa shape index (κ3) is 4.14. The van der Waals surface area contributed by atoms with E-state index >= 15 is 0 Å². The predicted molar refractivity (Wildman–Crippen MR) is 125 cm³/mol. The van der Waals surface area contributed by atoms with Gasteiger partial charge in [-0.05, 0) is 23.8 Å². The Hall–Kier alpha value is -5.05. The second-order valence-corrected chi connectivity index (χ2v) is 8.13. The van der Waals surface area contributed by atoms with Crippen molar-refractivity contribution in [2.24, 2.45) is 11.5 Å². The van der Waals surface area contributed by atoms with Crippen molar-refractivity contribution in [2.75, 3.05) is 4.90 Å². The summed E-state index contributed by atoms with van der Waals surface area (Å²) < 4.78 is 32.5. The average Bonchev–Trinajstić information content (AvgIpc) is 3.47. The molecule has 0 fully saturated rings. The van der Waals surface area contributed by atoms with Crippen LogP contribution in [-0.2, 0) is 24.4 Å². The number of aromatic nitrogens is 5. The molecular formula is C24H19F2N9O. The van der Waals surface area contributed by atoms with Crippen molar-refractivity contribution in [3.63, 3.8) is 0 Å². The van der Waals surface area contributed by atoms with Crippen LogP contribution in [0.1, 0.15) is 22.8 Å². The summed E-state index contributed by atoms with van der Waals surface area (Å²) in [6, 6.07) is 11.0. The van der Waals surface area contributed by atoms with Crippen LogP contribution in [0.4, 0.5) is 14.5 Å². The summed E-state index contributed by atoms with van der Waals surface area (Å²) >= 11 is 0. The van der Waals surface area contributed by atoms with E-state index in [0.717, 1.165) is 0 Å². The fourth-order valence-corrected chi connectivity index (χ4v) is 4.08. The average molecular weight is 487 g/mol. The van der Waals surface area contributed by atoms with E-state index in [2.05, 4.69) is 15.2 Å². The SMILES string of the molecule is N#Cc1cccc(N2C=C(N)c3nc(Cc4c(F)cccc4-c4cnn(CC(N)=O)c4)nn3C2)c1F. The molecule has 180 valence electrons. The fourth-order valence-electron chi connectivity index (χ4n) is 4.08. The Morgan fingerprint density at radius 1 is 1.19 bits per heavy atom. The minimum Gasteiger partial charge on any atom is -0.394 e. The molecule has 4 aromatic rings. The summed E-state index contributed by atoms with van der Waals surface area (Å²) in [5.74, 6) is -0.990. The molecule has 4 N–H and O–H groups in total. The van der Waals surface area contributed by atoms with Crippen LogP contribution in [0.25, 0.3) is 16.8 Å². The maximum atomic E-state index is 14.9. The number of fused-ring (bicyclic) bond motifs is 1. The quantitative estimate of drug-likeness (QED) is 0.424. The normalized spacial score (nSPS) is 12.7.